The smallest absolute Gasteiger partial charge is 0.331 e. The van der Waals surface area contributed by atoms with E-state index < -0.39 is 22.6 Å². The predicted octanol–water partition coefficient (Wildman–Crippen LogP) is 3.28. The van der Waals surface area contributed by atoms with Crippen molar-refractivity contribution in [1.29, 1.82) is 0 Å². The molecule has 1 aliphatic rings. The van der Waals surface area contributed by atoms with Crippen LogP contribution in [0, 0.1) is 0 Å². The highest BCUT2D eigenvalue weighted by molar-refractivity contribution is 9.10. The third kappa shape index (κ3) is 5.52. The molecule has 2 aromatic carbocycles. The second kappa shape index (κ2) is 9.90. The van der Waals surface area contributed by atoms with E-state index in [-0.39, 0.29) is 37.0 Å². The SMILES string of the molecule is O=C(/C=C/c1ccc(Br)o1)OCC(=O)N1CCN(S(=O)(=O)c2ccc3ccccc3c2)CC1. The number of hydrogen-bond donors (Lipinski definition) is 0. The van der Waals surface area contributed by atoms with Gasteiger partial charge in [0.15, 0.2) is 11.3 Å². The van der Waals surface area contributed by atoms with E-state index in [9.17, 15) is 18.0 Å². The average molecular weight is 533 g/mol. The third-order valence-corrected chi connectivity index (χ3v) is 7.59. The number of piperazine rings is 1. The number of nitrogens with zero attached hydrogens (tertiary/aromatic N) is 2. The monoisotopic (exact) mass is 532 g/mol. The van der Waals surface area contributed by atoms with Gasteiger partial charge in [-0.3, -0.25) is 4.79 Å². The van der Waals surface area contributed by atoms with E-state index in [1.165, 1.54) is 21.4 Å². The summed E-state index contributed by atoms with van der Waals surface area (Å²) in [5, 5.41) is 1.82. The number of halogens is 1. The van der Waals surface area contributed by atoms with Gasteiger partial charge in [0.1, 0.15) is 5.76 Å². The van der Waals surface area contributed by atoms with E-state index in [2.05, 4.69) is 15.9 Å². The number of rotatable bonds is 6. The predicted molar refractivity (Wildman–Crippen MR) is 126 cm³/mol. The van der Waals surface area contributed by atoms with E-state index in [4.69, 9.17) is 9.15 Å². The van der Waals surface area contributed by atoms with Crippen molar-refractivity contribution in [3.8, 4) is 0 Å². The molecule has 0 spiro atoms. The minimum Gasteiger partial charge on any atom is -0.452 e. The molecule has 0 atom stereocenters. The van der Waals surface area contributed by atoms with Crippen LogP contribution in [0.25, 0.3) is 16.8 Å². The van der Waals surface area contributed by atoms with Gasteiger partial charge >= 0.3 is 5.97 Å². The first-order valence-electron chi connectivity index (χ1n) is 10.2. The van der Waals surface area contributed by atoms with Gasteiger partial charge < -0.3 is 14.1 Å². The summed E-state index contributed by atoms with van der Waals surface area (Å²) in [7, 11) is -3.67. The molecular weight excluding hydrogens is 512 g/mol. The van der Waals surface area contributed by atoms with Crippen molar-refractivity contribution in [3.05, 3.63) is 71.1 Å². The van der Waals surface area contributed by atoms with Crippen LogP contribution < -0.4 is 0 Å². The fraction of sp³-hybridized carbons (Fsp3) is 0.217. The number of carbonyl (C=O) groups excluding carboxylic acids is 2. The Kier molecular flexibility index (Phi) is 6.96. The molecule has 8 nitrogen and oxygen atoms in total. The minimum atomic E-state index is -3.67. The maximum atomic E-state index is 13.0. The van der Waals surface area contributed by atoms with Gasteiger partial charge in [0.25, 0.3) is 5.91 Å². The lowest BCUT2D eigenvalue weighted by atomic mass is 10.1. The summed E-state index contributed by atoms with van der Waals surface area (Å²) in [6, 6.07) is 16.0. The van der Waals surface area contributed by atoms with Gasteiger partial charge in [-0.1, -0.05) is 30.3 Å². The second-order valence-electron chi connectivity index (χ2n) is 7.38. The highest BCUT2D eigenvalue weighted by atomic mass is 79.9. The van der Waals surface area contributed by atoms with E-state index in [0.717, 1.165) is 10.8 Å². The van der Waals surface area contributed by atoms with Gasteiger partial charge in [-0.15, -0.1) is 0 Å². The summed E-state index contributed by atoms with van der Waals surface area (Å²) in [5.41, 5.74) is 0. The van der Waals surface area contributed by atoms with E-state index in [1.807, 2.05) is 24.3 Å². The van der Waals surface area contributed by atoms with Crippen LogP contribution in [-0.4, -0.2) is 62.3 Å². The molecule has 0 bridgehead atoms. The third-order valence-electron chi connectivity index (χ3n) is 5.27. The molecule has 0 N–H and O–H groups in total. The molecular formula is C23H21BrN2O6S. The summed E-state index contributed by atoms with van der Waals surface area (Å²) in [6.45, 7) is 0.367. The first-order valence-corrected chi connectivity index (χ1v) is 12.4. The highest BCUT2D eigenvalue weighted by Gasteiger charge is 2.30. The van der Waals surface area contributed by atoms with Crippen LogP contribution in [0.1, 0.15) is 5.76 Å². The van der Waals surface area contributed by atoms with Crippen molar-refractivity contribution >= 4 is 54.7 Å². The van der Waals surface area contributed by atoms with Gasteiger partial charge in [0.2, 0.25) is 10.0 Å². The molecule has 0 aliphatic carbocycles. The largest absolute Gasteiger partial charge is 0.452 e. The maximum absolute atomic E-state index is 13.0. The average Bonchev–Trinajstić information content (AvgIpc) is 3.26. The lowest BCUT2D eigenvalue weighted by Crippen LogP contribution is -2.51. The molecule has 10 heteroatoms. The summed E-state index contributed by atoms with van der Waals surface area (Å²) in [4.78, 5) is 25.9. The molecule has 1 amide bonds. The van der Waals surface area contributed by atoms with Gasteiger partial charge in [-0.05, 0) is 57.0 Å². The Morgan fingerprint density at radius 2 is 1.73 bits per heavy atom. The Bertz CT molecular complexity index is 1310. The van der Waals surface area contributed by atoms with E-state index >= 15 is 0 Å². The van der Waals surface area contributed by atoms with Crippen molar-refractivity contribution in [1.82, 2.24) is 9.21 Å². The fourth-order valence-corrected chi connectivity index (χ4v) is 5.27. The van der Waals surface area contributed by atoms with Crippen molar-refractivity contribution in [3.63, 3.8) is 0 Å². The quantitative estimate of drug-likeness (QED) is 0.357. The van der Waals surface area contributed by atoms with Gasteiger partial charge in [-0.25, -0.2) is 13.2 Å². The Hall–Kier alpha value is -2.95. The number of carbonyl (C=O) groups is 2. The zero-order chi connectivity index (χ0) is 23.4. The molecule has 1 aliphatic heterocycles. The van der Waals surface area contributed by atoms with Crippen molar-refractivity contribution in [2.24, 2.45) is 0 Å². The standard InChI is InChI=1S/C23H21BrN2O6S/c24-21-9-6-19(32-21)7-10-23(28)31-16-22(27)25-11-13-26(14-12-25)33(29,30)20-8-5-17-3-1-2-4-18(17)15-20/h1-10,15H,11-14,16H2/b10-7+. The van der Waals surface area contributed by atoms with Crippen LogP contribution in [0.3, 0.4) is 0 Å². The molecule has 1 fully saturated rings. The molecule has 1 aromatic heterocycles. The minimum absolute atomic E-state index is 0.169. The molecule has 3 aromatic rings. The van der Waals surface area contributed by atoms with Gasteiger partial charge in [-0.2, -0.15) is 4.31 Å². The van der Waals surface area contributed by atoms with Crippen LogP contribution in [-0.2, 0) is 24.3 Å². The lowest BCUT2D eigenvalue weighted by molar-refractivity contribution is -0.148. The molecule has 0 unspecified atom stereocenters. The van der Waals surface area contributed by atoms with E-state index in [0.29, 0.717) is 10.4 Å². The normalized spacial score (nSPS) is 15.2. The van der Waals surface area contributed by atoms with Crippen LogP contribution >= 0.6 is 15.9 Å². The fourth-order valence-electron chi connectivity index (χ4n) is 3.50. The molecule has 0 saturated carbocycles. The molecule has 1 saturated heterocycles. The number of esters is 1. The van der Waals surface area contributed by atoms with Crippen LogP contribution in [0.15, 0.2) is 74.7 Å². The number of ether oxygens (including phenoxy) is 1. The van der Waals surface area contributed by atoms with E-state index in [1.54, 1.807) is 30.3 Å². The van der Waals surface area contributed by atoms with Gasteiger partial charge in [0.05, 0.1) is 4.90 Å². The first-order chi connectivity index (χ1) is 15.8. The van der Waals surface area contributed by atoms with Crippen LogP contribution in [0.2, 0.25) is 0 Å². The molecule has 172 valence electrons. The lowest BCUT2D eigenvalue weighted by Gasteiger charge is -2.33. The molecule has 2 heterocycles. The molecule has 33 heavy (non-hydrogen) atoms. The van der Waals surface area contributed by atoms with Crippen LogP contribution in [0.4, 0.5) is 0 Å². The summed E-state index contributed by atoms with van der Waals surface area (Å²) >= 11 is 3.16. The van der Waals surface area contributed by atoms with Crippen LogP contribution in [0.5, 0.6) is 0 Å². The number of furan rings is 1. The molecule has 0 radical (unpaired) electrons. The zero-order valence-corrected chi connectivity index (χ0v) is 19.9. The summed E-state index contributed by atoms with van der Waals surface area (Å²) in [6.07, 6.45) is 2.61. The highest BCUT2D eigenvalue weighted by Crippen LogP contribution is 2.23. The Morgan fingerprint density at radius 1 is 1.00 bits per heavy atom. The first kappa shape index (κ1) is 23.2. The number of benzene rings is 2. The van der Waals surface area contributed by atoms with Gasteiger partial charge in [0, 0.05) is 32.3 Å². The number of amides is 1. The number of hydrogen-bond acceptors (Lipinski definition) is 6. The second-order valence-corrected chi connectivity index (χ2v) is 10.1. The Labute approximate surface area is 199 Å². The Morgan fingerprint density at radius 3 is 2.42 bits per heavy atom. The maximum Gasteiger partial charge on any atom is 0.331 e. The number of fused-ring (bicyclic) bond motifs is 1. The number of sulfonamides is 1. The van der Waals surface area contributed by atoms with Crippen molar-refractivity contribution in [2.75, 3.05) is 32.8 Å². The summed E-state index contributed by atoms with van der Waals surface area (Å²) < 4.78 is 38.2. The molecule has 4 rings (SSSR count). The zero-order valence-electron chi connectivity index (χ0n) is 17.5. The topological polar surface area (TPSA) is 97.1 Å². The summed E-state index contributed by atoms with van der Waals surface area (Å²) in [5.74, 6) is -0.581. The Balaban J connectivity index is 1.29. The van der Waals surface area contributed by atoms with Crippen molar-refractivity contribution in [2.45, 2.75) is 4.90 Å². The van der Waals surface area contributed by atoms with Crippen molar-refractivity contribution < 1.29 is 27.2 Å².